The molecule has 1 aromatic heterocycles. The summed E-state index contributed by atoms with van der Waals surface area (Å²) in [5.74, 6) is -0.980. The molecule has 0 unspecified atom stereocenters. The van der Waals surface area contributed by atoms with Crippen LogP contribution in [-0.2, 0) is 13.0 Å². The number of hydrogen-bond donors (Lipinski definition) is 1. The maximum Gasteiger partial charge on any atom is 0.231 e. The predicted octanol–water partition coefficient (Wildman–Crippen LogP) is 2.44. The summed E-state index contributed by atoms with van der Waals surface area (Å²) in [6.07, 6.45) is 0.0816. The lowest BCUT2D eigenvalue weighted by atomic mass is 10.1. The van der Waals surface area contributed by atoms with Crippen LogP contribution in [0.2, 0.25) is 0 Å². The molecule has 0 spiro atoms. The van der Waals surface area contributed by atoms with E-state index in [0.717, 1.165) is 6.07 Å². The van der Waals surface area contributed by atoms with Crippen molar-refractivity contribution in [1.29, 1.82) is 0 Å². The van der Waals surface area contributed by atoms with Crippen LogP contribution in [-0.4, -0.2) is 16.2 Å². The minimum atomic E-state index is -0.876. The van der Waals surface area contributed by atoms with Crippen LogP contribution in [0.15, 0.2) is 22.7 Å². The van der Waals surface area contributed by atoms with E-state index in [1.165, 1.54) is 12.1 Å². The van der Waals surface area contributed by atoms with Crippen LogP contribution in [0.25, 0.3) is 0 Å². The van der Waals surface area contributed by atoms with E-state index in [9.17, 15) is 8.78 Å². The third-order valence-corrected chi connectivity index (χ3v) is 2.55. The van der Waals surface area contributed by atoms with Crippen LogP contribution < -0.4 is 5.32 Å². The van der Waals surface area contributed by atoms with Crippen LogP contribution in [0.4, 0.5) is 8.78 Å². The maximum absolute atomic E-state index is 13.5. The second kappa shape index (κ2) is 5.88. The minimum Gasteiger partial charge on any atom is -0.339 e. The average Bonchev–Trinajstić information content (AvgIpc) is 2.80. The fourth-order valence-electron chi connectivity index (χ4n) is 1.58. The molecule has 102 valence electrons. The van der Waals surface area contributed by atoms with Gasteiger partial charge in [-0.3, -0.25) is 0 Å². The van der Waals surface area contributed by atoms with E-state index < -0.39 is 11.6 Å². The lowest BCUT2D eigenvalue weighted by Gasteiger charge is -2.03. The van der Waals surface area contributed by atoms with E-state index in [2.05, 4.69) is 15.5 Å². The highest BCUT2D eigenvalue weighted by molar-refractivity contribution is 5.21. The number of benzene rings is 1. The van der Waals surface area contributed by atoms with E-state index in [-0.39, 0.29) is 17.9 Å². The van der Waals surface area contributed by atoms with Crippen molar-refractivity contribution >= 4 is 0 Å². The van der Waals surface area contributed by atoms with E-state index in [1.54, 1.807) is 0 Å². The van der Waals surface area contributed by atoms with E-state index in [0.29, 0.717) is 18.4 Å². The van der Waals surface area contributed by atoms with Gasteiger partial charge in [0.2, 0.25) is 5.89 Å². The second-order valence-electron chi connectivity index (χ2n) is 4.53. The number of rotatable bonds is 5. The van der Waals surface area contributed by atoms with Gasteiger partial charge in [0.15, 0.2) is 17.5 Å². The molecule has 0 amide bonds. The number of hydrogen-bond acceptors (Lipinski definition) is 4. The van der Waals surface area contributed by atoms with E-state index in [4.69, 9.17) is 4.52 Å². The second-order valence-corrected chi connectivity index (χ2v) is 4.53. The fraction of sp³-hybridized carbons (Fsp3) is 0.385. The lowest BCUT2D eigenvalue weighted by Crippen LogP contribution is -2.22. The smallest absolute Gasteiger partial charge is 0.231 e. The van der Waals surface area contributed by atoms with Crippen molar-refractivity contribution < 1.29 is 13.3 Å². The third-order valence-electron chi connectivity index (χ3n) is 2.55. The molecule has 0 atom stereocenters. The molecule has 1 N–H and O–H groups in total. The Morgan fingerprint density at radius 2 is 2.11 bits per heavy atom. The minimum absolute atomic E-state index is 0.0816. The van der Waals surface area contributed by atoms with Crippen LogP contribution in [0, 0.1) is 11.6 Å². The first-order valence-corrected chi connectivity index (χ1v) is 6.04. The molecule has 0 aliphatic heterocycles. The molecule has 4 nitrogen and oxygen atoms in total. The standard InChI is InChI=1S/C13H15F2N3O/c1-8(2)16-7-11-17-12(19-18-11)6-9-4-3-5-10(14)13(9)15/h3-5,8,16H,6-7H2,1-2H3. The predicted molar refractivity (Wildman–Crippen MR) is 65.4 cm³/mol. The van der Waals surface area contributed by atoms with Crippen LogP contribution in [0.3, 0.4) is 0 Å². The third kappa shape index (κ3) is 3.57. The van der Waals surface area contributed by atoms with Gasteiger partial charge in [0.1, 0.15) is 0 Å². The zero-order valence-electron chi connectivity index (χ0n) is 10.8. The Balaban J connectivity index is 2.05. The Kier molecular flexibility index (Phi) is 4.21. The fourth-order valence-corrected chi connectivity index (χ4v) is 1.58. The van der Waals surface area contributed by atoms with Crippen molar-refractivity contribution in [1.82, 2.24) is 15.5 Å². The first kappa shape index (κ1) is 13.6. The zero-order chi connectivity index (χ0) is 13.8. The first-order chi connectivity index (χ1) is 9.06. The van der Waals surface area contributed by atoms with E-state index in [1.807, 2.05) is 13.8 Å². The summed E-state index contributed by atoms with van der Waals surface area (Å²) in [5, 5.41) is 6.91. The highest BCUT2D eigenvalue weighted by Gasteiger charge is 2.12. The first-order valence-electron chi connectivity index (χ1n) is 6.04. The molecule has 0 bridgehead atoms. The van der Waals surface area contributed by atoms with Gasteiger partial charge >= 0.3 is 0 Å². The summed E-state index contributed by atoms with van der Waals surface area (Å²) in [5.41, 5.74) is 0.201. The van der Waals surface area contributed by atoms with Crippen molar-refractivity contribution in [2.45, 2.75) is 32.9 Å². The van der Waals surface area contributed by atoms with Crippen LogP contribution in [0.5, 0.6) is 0 Å². The summed E-state index contributed by atoms with van der Waals surface area (Å²) >= 11 is 0. The molecule has 0 saturated heterocycles. The van der Waals surface area contributed by atoms with Crippen LogP contribution >= 0.6 is 0 Å². The summed E-state index contributed by atoms with van der Waals surface area (Å²) in [4.78, 5) is 4.12. The van der Waals surface area contributed by atoms with Gasteiger partial charge < -0.3 is 9.84 Å². The van der Waals surface area contributed by atoms with Gasteiger partial charge in [0.25, 0.3) is 0 Å². The van der Waals surface area contributed by atoms with Gasteiger partial charge in [0.05, 0.1) is 13.0 Å². The molecule has 0 radical (unpaired) electrons. The lowest BCUT2D eigenvalue weighted by molar-refractivity contribution is 0.374. The zero-order valence-corrected chi connectivity index (χ0v) is 10.8. The molecule has 19 heavy (non-hydrogen) atoms. The van der Waals surface area contributed by atoms with Crippen molar-refractivity contribution in [3.63, 3.8) is 0 Å². The molecule has 2 rings (SSSR count). The molecular weight excluding hydrogens is 252 g/mol. The number of nitrogens with zero attached hydrogens (tertiary/aromatic N) is 2. The molecular formula is C13H15F2N3O. The van der Waals surface area contributed by atoms with Gasteiger partial charge in [-0.25, -0.2) is 8.78 Å². The van der Waals surface area contributed by atoms with Gasteiger partial charge in [-0.2, -0.15) is 4.98 Å². The molecule has 0 saturated carbocycles. The molecule has 0 aliphatic carbocycles. The Morgan fingerprint density at radius 1 is 1.32 bits per heavy atom. The van der Waals surface area contributed by atoms with Crippen molar-refractivity contribution in [2.24, 2.45) is 0 Å². The Bertz CT molecular complexity index is 555. The van der Waals surface area contributed by atoms with Crippen molar-refractivity contribution in [3.8, 4) is 0 Å². The summed E-state index contributed by atoms with van der Waals surface area (Å²) in [6.45, 7) is 4.49. The summed E-state index contributed by atoms with van der Waals surface area (Å²) < 4.78 is 31.5. The summed E-state index contributed by atoms with van der Waals surface area (Å²) in [6, 6.07) is 4.33. The maximum atomic E-state index is 13.5. The van der Waals surface area contributed by atoms with Gasteiger partial charge in [-0.05, 0) is 6.07 Å². The molecule has 2 aromatic rings. The van der Waals surface area contributed by atoms with E-state index >= 15 is 0 Å². The molecule has 6 heteroatoms. The molecule has 0 aliphatic rings. The topological polar surface area (TPSA) is 51.0 Å². The van der Waals surface area contributed by atoms with Crippen molar-refractivity contribution in [3.05, 3.63) is 47.1 Å². The quantitative estimate of drug-likeness (QED) is 0.904. The number of aromatic nitrogens is 2. The number of halogens is 2. The Labute approximate surface area is 109 Å². The Hall–Kier alpha value is -1.82. The monoisotopic (exact) mass is 267 g/mol. The van der Waals surface area contributed by atoms with Crippen LogP contribution in [0.1, 0.15) is 31.1 Å². The van der Waals surface area contributed by atoms with Crippen molar-refractivity contribution in [2.75, 3.05) is 0 Å². The highest BCUT2D eigenvalue weighted by atomic mass is 19.2. The molecule has 1 heterocycles. The normalized spacial score (nSPS) is 11.2. The molecule has 0 fully saturated rings. The highest BCUT2D eigenvalue weighted by Crippen LogP contribution is 2.15. The SMILES string of the molecule is CC(C)NCc1noc(Cc2cccc(F)c2F)n1. The van der Waals surface area contributed by atoms with Gasteiger partial charge in [-0.1, -0.05) is 31.1 Å². The van der Waals surface area contributed by atoms with Gasteiger partial charge in [0, 0.05) is 11.6 Å². The average molecular weight is 267 g/mol. The van der Waals surface area contributed by atoms with Gasteiger partial charge in [-0.15, -0.1) is 0 Å². The molecule has 1 aromatic carbocycles. The Morgan fingerprint density at radius 3 is 2.84 bits per heavy atom. The summed E-state index contributed by atoms with van der Waals surface area (Å²) in [7, 11) is 0. The number of nitrogens with one attached hydrogen (secondary N) is 1. The largest absolute Gasteiger partial charge is 0.339 e.